The Kier molecular flexibility index (Phi) is 1.28. The zero-order chi connectivity index (χ0) is 3.58. The van der Waals surface area contributed by atoms with Crippen LogP contribution in [0.25, 0.3) is 0 Å². The Morgan fingerprint density at radius 2 is 2.00 bits per heavy atom. The molecule has 0 aliphatic carbocycles. The smallest absolute Gasteiger partial charge is 0.0355 e. The standard InChI is InChI=1S/C3H5S/c1-3(2)4/h1H2,2H3/q+1. The van der Waals surface area contributed by atoms with Gasteiger partial charge in [0.1, 0.15) is 6.92 Å². The van der Waals surface area contributed by atoms with Gasteiger partial charge in [-0.05, 0) is 12.2 Å². The first-order chi connectivity index (χ1) is 1.73. The lowest BCUT2D eigenvalue weighted by atomic mass is 10.6. The van der Waals surface area contributed by atoms with Crippen molar-refractivity contribution >= 4 is 17.1 Å². The molecule has 0 saturated carbocycles. The van der Waals surface area contributed by atoms with E-state index in [0.29, 0.717) is 0 Å². The summed E-state index contributed by atoms with van der Waals surface area (Å²) in [4.78, 5) is 0.750. The van der Waals surface area contributed by atoms with Crippen molar-refractivity contribution in [2.24, 2.45) is 0 Å². The van der Waals surface area contributed by atoms with E-state index in [1.807, 2.05) is 0 Å². The van der Waals surface area contributed by atoms with E-state index in [-0.39, 0.29) is 0 Å². The van der Waals surface area contributed by atoms with E-state index in [4.69, 9.17) is 0 Å². The molecule has 0 saturated heterocycles. The Bertz CT molecular complexity index is 26.3. The minimum atomic E-state index is 0.750. The van der Waals surface area contributed by atoms with Gasteiger partial charge in [-0.2, -0.15) is 0 Å². The molecule has 1 heteroatoms. The van der Waals surface area contributed by atoms with Crippen LogP contribution in [-0.4, -0.2) is 4.86 Å². The average Bonchev–Trinajstić information content (AvgIpc) is 0.811. The zero-order valence-electron chi connectivity index (χ0n) is 2.62. The second kappa shape index (κ2) is 1.30. The van der Waals surface area contributed by atoms with Crippen molar-refractivity contribution in [2.45, 2.75) is 6.92 Å². The van der Waals surface area contributed by atoms with Crippen molar-refractivity contribution in [3.8, 4) is 0 Å². The molecule has 4 heavy (non-hydrogen) atoms. The van der Waals surface area contributed by atoms with Gasteiger partial charge in [0.05, 0.1) is 0 Å². The normalized spacial score (nSPS) is 6.25. The van der Waals surface area contributed by atoms with Crippen LogP contribution in [0.4, 0.5) is 0 Å². The molecule has 0 heterocycles. The predicted octanol–water partition coefficient (Wildman–Crippen LogP) is 1.21. The maximum atomic E-state index is 4.43. The number of hydrogen-bond acceptors (Lipinski definition) is 1. The second-order valence-corrected chi connectivity index (χ2v) is 1.40. The summed E-state index contributed by atoms with van der Waals surface area (Å²) in [6, 6.07) is 0. The molecule has 0 rings (SSSR count). The number of thiocarbonyl (C=S) groups is 1. The van der Waals surface area contributed by atoms with Crippen LogP contribution < -0.4 is 0 Å². The summed E-state index contributed by atoms with van der Waals surface area (Å²) >= 11 is 4.43. The highest BCUT2D eigenvalue weighted by molar-refractivity contribution is 7.80. The predicted molar refractivity (Wildman–Crippen MR) is 23.6 cm³/mol. The zero-order valence-corrected chi connectivity index (χ0v) is 3.43. The van der Waals surface area contributed by atoms with Crippen LogP contribution in [0.15, 0.2) is 0 Å². The maximum absolute atomic E-state index is 4.43. The first kappa shape index (κ1) is 3.96. The minimum absolute atomic E-state index is 0.750. The average molecular weight is 73.1 g/mol. The fourth-order valence-electron chi connectivity index (χ4n) is 0. The number of hydrogen-bond donors (Lipinski definition) is 0. The van der Waals surface area contributed by atoms with Gasteiger partial charge in [-0.3, -0.25) is 0 Å². The van der Waals surface area contributed by atoms with Gasteiger partial charge in [0.15, 0.2) is 4.86 Å². The third-order valence-electron chi connectivity index (χ3n) is 0. The molecule has 0 unspecified atom stereocenters. The molecule has 0 N–H and O–H groups in total. The van der Waals surface area contributed by atoms with Gasteiger partial charge in [-0.25, -0.2) is 0 Å². The summed E-state index contributed by atoms with van der Waals surface area (Å²) in [6.45, 7) is 5.16. The largest absolute Gasteiger partial charge is 0.164 e. The van der Waals surface area contributed by atoms with E-state index in [2.05, 4.69) is 19.1 Å². The summed E-state index contributed by atoms with van der Waals surface area (Å²) in [5.41, 5.74) is 0. The fraction of sp³-hybridized carbons (Fsp3) is 0.333. The first-order valence-electron chi connectivity index (χ1n) is 1.06. The lowest BCUT2D eigenvalue weighted by Gasteiger charge is -1.48. The molecule has 0 aromatic carbocycles. The summed E-state index contributed by atoms with van der Waals surface area (Å²) in [5.74, 6) is 0. The van der Waals surface area contributed by atoms with E-state index in [1.54, 1.807) is 6.92 Å². The highest BCUT2D eigenvalue weighted by Crippen LogP contribution is 1.60. The second-order valence-electron chi connectivity index (χ2n) is 0.702. The lowest BCUT2D eigenvalue weighted by molar-refractivity contribution is 2.02. The van der Waals surface area contributed by atoms with Gasteiger partial charge in [0.25, 0.3) is 0 Å². The van der Waals surface area contributed by atoms with Crippen LogP contribution in [0, 0.1) is 6.92 Å². The summed E-state index contributed by atoms with van der Waals surface area (Å²) in [6.07, 6.45) is 0. The van der Waals surface area contributed by atoms with Gasteiger partial charge in [-0.1, -0.05) is 0 Å². The fourth-order valence-corrected chi connectivity index (χ4v) is 0. The van der Waals surface area contributed by atoms with Gasteiger partial charge in [0, 0.05) is 6.92 Å². The molecular weight excluding hydrogens is 68.1 g/mol. The summed E-state index contributed by atoms with van der Waals surface area (Å²) < 4.78 is 0. The summed E-state index contributed by atoms with van der Waals surface area (Å²) in [5, 5.41) is 0. The van der Waals surface area contributed by atoms with Gasteiger partial charge < -0.3 is 0 Å². The molecular formula is C3H5S+. The Morgan fingerprint density at radius 3 is 2.00 bits per heavy atom. The molecule has 0 spiro atoms. The van der Waals surface area contributed by atoms with Crippen LogP contribution >= 0.6 is 12.2 Å². The Balaban J connectivity index is 2.80. The molecule has 0 nitrogen and oxygen atoms in total. The van der Waals surface area contributed by atoms with Crippen LogP contribution in [0.2, 0.25) is 0 Å². The van der Waals surface area contributed by atoms with Crippen LogP contribution in [0.5, 0.6) is 0 Å². The highest BCUT2D eigenvalue weighted by atomic mass is 32.1. The summed E-state index contributed by atoms with van der Waals surface area (Å²) in [7, 11) is 0. The Morgan fingerprint density at radius 1 is 2.00 bits per heavy atom. The Labute approximate surface area is 31.8 Å². The van der Waals surface area contributed by atoms with E-state index < -0.39 is 0 Å². The molecule has 0 amide bonds. The third kappa shape index (κ3) is 1130. The maximum Gasteiger partial charge on any atom is 0.164 e. The molecule has 0 bridgehead atoms. The monoisotopic (exact) mass is 73.0 g/mol. The molecule has 0 aliphatic heterocycles. The van der Waals surface area contributed by atoms with Crippen molar-refractivity contribution < 1.29 is 0 Å². The quantitative estimate of drug-likeness (QED) is 0.307. The number of rotatable bonds is 0. The van der Waals surface area contributed by atoms with E-state index in [0.717, 1.165) is 4.86 Å². The molecule has 0 radical (unpaired) electrons. The Hall–Kier alpha value is -0.0400. The highest BCUT2D eigenvalue weighted by Gasteiger charge is 1.69. The molecule has 22 valence electrons. The van der Waals surface area contributed by atoms with Crippen molar-refractivity contribution in [3.05, 3.63) is 6.92 Å². The van der Waals surface area contributed by atoms with Crippen LogP contribution in [0.1, 0.15) is 6.92 Å². The van der Waals surface area contributed by atoms with Crippen LogP contribution in [0.3, 0.4) is 0 Å². The van der Waals surface area contributed by atoms with E-state index >= 15 is 0 Å². The molecule has 0 aromatic heterocycles. The van der Waals surface area contributed by atoms with Crippen molar-refractivity contribution in [3.63, 3.8) is 0 Å². The van der Waals surface area contributed by atoms with Crippen molar-refractivity contribution in [1.29, 1.82) is 0 Å². The topological polar surface area (TPSA) is 0 Å². The third-order valence-corrected chi connectivity index (χ3v) is 0. The molecule has 0 atom stereocenters. The molecule has 0 aliphatic rings. The minimum Gasteiger partial charge on any atom is -0.0355 e. The first-order valence-corrected chi connectivity index (χ1v) is 1.47. The molecule has 0 fully saturated rings. The van der Waals surface area contributed by atoms with Crippen LogP contribution in [-0.2, 0) is 0 Å². The SMILES string of the molecule is [CH2+]C(C)=S. The lowest BCUT2D eigenvalue weighted by Crippen LogP contribution is -1.64. The van der Waals surface area contributed by atoms with Crippen molar-refractivity contribution in [2.75, 3.05) is 0 Å². The van der Waals surface area contributed by atoms with Gasteiger partial charge in [0.2, 0.25) is 0 Å². The van der Waals surface area contributed by atoms with Gasteiger partial charge >= 0.3 is 0 Å². The van der Waals surface area contributed by atoms with E-state index in [1.165, 1.54) is 0 Å². The van der Waals surface area contributed by atoms with Crippen molar-refractivity contribution in [1.82, 2.24) is 0 Å². The van der Waals surface area contributed by atoms with E-state index in [9.17, 15) is 0 Å². The molecule has 0 aromatic rings. The van der Waals surface area contributed by atoms with Gasteiger partial charge in [-0.15, -0.1) is 0 Å².